The molecule has 0 amide bonds. The zero-order chi connectivity index (χ0) is 19.1. The van der Waals surface area contributed by atoms with Gasteiger partial charge in [0.2, 0.25) is 0 Å². The number of nitro groups is 1. The number of nitrogens with zero attached hydrogens (tertiary/aromatic N) is 1. The molecule has 0 saturated heterocycles. The highest BCUT2D eigenvalue weighted by molar-refractivity contribution is 5.82. The number of rotatable bonds is 3. The van der Waals surface area contributed by atoms with Crippen LogP contribution in [0.4, 0.5) is 11.4 Å². The summed E-state index contributed by atoms with van der Waals surface area (Å²) in [5.41, 5.74) is 5.91. The second-order valence-electron chi connectivity index (χ2n) is 7.46. The van der Waals surface area contributed by atoms with Gasteiger partial charge in [-0.1, -0.05) is 72.8 Å². The van der Waals surface area contributed by atoms with Crippen LogP contribution in [0.1, 0.15) is 29.5 Å². The first kappa shape index (κ1) is 16.8. The van der Waals surface area contributed by atoms with Gasteiger partial charge in [0, 0.05) is 29.3 Å². The first-order valence-electron chi connectivity index (χ1n) is 9.58. The van der Waals surface area contributed by atoms with E-state index in [1.54, 1.807) is 18.2 Å². The highest BCUT2D eigenvalue weighted by atomic mass is 16.6. The molecule has 0 spiro atoms. The number of fused-ring (bicyclic) bond motifs is 3. The predicted octanol–water partition coefficient (Wildman–Crippen LogP) is 6.09. The first-order chi connectivity index (χ1) is 13.7. The number of allylic oxidation sites excluding steroid dienone is 2. The van der Waals surface area contributed by atoms with Crippen molar-refractivity contribution in [3.8, 4) is 11.1 Å². The molecule has 0 bridgehead atoms. The smallest absolute Gasteiger partial charge is 0.269 e. The zero-order valence-electron chi connectivity index (χ0n) is 15.3. The van der Waals surface area contributed by atoms with Crippen LogP contribution in [-0.2, 0) is 0 Å². The van der Waals surface area contributed by atoms with E-state index in [2.05, 4.69) is 47.8 Å². The first-order valence-corrected chi connectivity index (χ1v) is 9.58. The van der Waals surface area contributed by atoms with E-state index in [4.69, 9.17) is 0 Å². The number of non-ortho nitro benzene ring substituents is 1. The van der Waals surface area contributed by atoms with Crippen molar-refractivity contribution in [1.82, 2.24) is 0 Å². The lowest BCUT2D eigenvalue weighted by Crippen LogP contribution is -2.29. The fourth-order valence-corrected chi connectivity index (χ4v) is 4.64. The van der Waals surface area contributed by atoms with Crippen molar-refractivity contribution in [2.45, 2.75) is 18.4 Å². The molecule has 3 atom stereocenters. The van der Waals surface area contributed by atoms with Gasteiger partial charge in [0.25, 0.3) is 5.69 Å². The minimum Gasteiger partial charge on any atom is -0.377 e. The van der Waals surface area contributed by atoms with E-state index >= 15 is 0 Å². The van der Waals surface area contributed by atoms with E-state index in [0.717, 1.165) is 17.7 Å². The summed E-state index contributed by atoms with van der Waals surface area (Å²) in [7, 11) is 0. The van der Waals surface area contributed by atoms with Crippen molar-refractivity contribution >= 4 is 11.4 Å². The number of hydrogen-bond donors (Lipinski definition) is 1. The summed E-state index contributed by atoms with van der Waals surface area (Å²) in [4.78, 5) is 11.0. The number of hydrogen-bond acceptors (Lipinski definition) is 3. The van der Waals surface area contributed by atoms with Crippen LogP contribution in [0, 0.1) is 16.0 Å². The molecule has 4 heteroatoms. The molecule has 3 aromatic carbocycles. The number of nitro benzene ring substituents is 1. The quantitative estimate of drug-likeness (QED) is 0.346. The van der Waals surface area contributed by atoms with E-state index in [-0.39, 0.29) is 16.7 Å². The predicted molar refractivity (Wildman–Crippen MR) is 111 cm³/mol. The third kappa shape index (κ3) is 2.69. The molecule has 0 unspecified atom stereocenters. The maximum atomic E-state index is 11.3. The van der Waals surface area contributed by atoms with Crippen LogP contribution in [-0.4, -0.2) is 4.92 Å². The lowest BCUT2D eigenvalue weighted by atomic mass is 9.76. The van der Waals surface area contributed by atoms with Gasteiger partial charge in [-0.05, 0) is 29.0 Å². The fraction of sp³-hybridized carbons (Fsp3) is 0.167. The molecule has 28 heavy (non-hydrogen) atoms. The molecule has 0 saturated carbocycles. The van der Waals surface area contributed by atoms with Crippen LogP contribution in [0.15, 0.2) is 84.9 Å². The van der Waals surface area contributed by atoms with Crippen molar-refractivity contribution in [3.63, 3.8) is 0 Å². The minimum absolute atomic E-state index is 0.0391. The van der Waals surface area contributed by atoms with E-state index in [9.17, 15) is 10.1 Å². The molecule has 0 aromatic heterocycles. The molecule has 1 aliphatic carbocycles. The van der Waals surface area contributed by atoms with E-state index in [1.165, 1.54) is 16.7 Å². The Labute approximate surface area is 163 Å². The van der Waals surface area contributed by atoms with Gasteiger partial charge in [-0.2, -0.15) is 0 Å². The number of anilines is 1. The van der Waals surface area contributed by atoms with Gasteiger partial charge >= 0.3 is 0 Å². The molecule has 0 fully saturated rings. The normalized spacial score (nSPS) is 22.2. The molecule has 4 nitrogen and oxygen atoms in total. The second kappa shape index (κ2) is 6.64. The Balaban J connectivity index is 1.64. The maximum absolute atomic E-state index is 11.3. The molecule has 0 radical (unpaired) electrons. The Morgan fingerprint density at radius 2 is 1.79 bits per heavy atom. The number of para-hydroxylation sites is 1. The lowest BCUT2D eigenvalue weighted by molar-refractivity contribution is -0.384. The molecule has 2 aliphatic rings. The Hall–Kier alpha value is -3.40. The summed E-state index contributed by atoms with van der Waals surface area (Å²) in [5.74, 6) is 0.685. The van der Waals surface area contributed by atoms with Gasteiger partial charge in [0.05, 0.1) is 11.0 Å². The van der Waals surface area contributed by atoms with Crippen molar-refractivity contribution in [1.29, 1.82) is 0 Å². The van der Waals surface area contributed by atoms with Crippen molar-refractivity contribution in [3.05, 3.63) is 106 Å². The monoisotopic (exact) mass is 368 g/mol. The molecular formula is C24H20N2O2. The van der Waals surface area contributed by atoms with E-state index in [0.29, 0.717) is 11.8 Å². The summed E-state index contributed by atoms with van der Waals surface area (Å²) in [6, 6.07) is 23.9. The topological polar surface area (TPSA) is 55.2 Å². The lowest BCUT2D eigenvalue weighted by Gasteiger charge is -2.38. The molecule has 1 heterocycles. The Bertz CT molecular complexity index is 1070. The summed E-state index contributed by atoms with van der Waals surface area (Å²) >= 11 is 0. The zero-order valence-corrected chi connectivity index (χ0v) is 15.3. The SMILES string of the molecule is O=[N+]([O-])c1cccc([C@@H]2Nc3c(-c4ccccc4)cccc3[C@H]3C=CC[C@@H]32)c1. The molecule has 1 N–H and O–H groups in total. The van der Waals surface area contributed by atoms with Crippen LogP contribution in [0.3, 0.4) is 0 Å². The summed E-state index contributed by atoms with van der Waals surface area (Å²) in [5, 5.41) is 15.0. The number of benzene rings is 3. The van der Waals surface area contributed by atoms with Gasteiger partial charge in [0.1, 0.15) is 0 Å². The second-order valence-corrected chi connectivity index (χ2v) is 7.46. The average Bonchev–Trinajstić information content (AvgIpc) is 3.23. The van der Waals surface area contributed by atoms with Crippen molar-refractivity contribution in [2.24, 2.45) is 5.92 Å². The van der Waals surface area contributed by atoms with Crippen molar-refractivity contribution < 1.29 is 4.92 Å². The van der Waals surface area contributed by atoms with Gasteiger partial charge in [0.15, 0.2) is 0 Å². The summed E-state index contributed by atoms with van der Waals surface area (Å²) in [6.07, 6.45) is 5.51. The molecule has 5 rings (SSSR count). The number of nitrogens with one attached hydrogen (secondary N) is 1. The summed E-state index contributed by atoms with van der Waals surface area (Å²) < 4.78 is 0. The third-order valence-electron chi connectivity index (χ3n) is 5.92. The highest BCUT2D eigenvalue weighted by Crippen LogP contribution is 2.52. The molecule has 138 valence electrons. The van der Waals surface area contributed by atoms with Gasteiger partial charge < -0.3 is 5.32 Å². The van der Waals surface area contributed by atoms with Gasteiger partial charge in [-0.25, -0.2) is 0 Å². The van der Waals surface area contributed by atoms with E-state index in [1.807, 2.05) is 24.3 Å². The van der Waals surface area contributed by atoms with Crippen molar-refractivity contribution in [2.75, 3.05) is 5.32 Å². The molecular weight excluding hydrogens is 348 g/mol. The third-order valence-corrected chi connectivity index (χ3v) is 5.92. The summed E-state index contributed by atoms with van der Waals surface area (Å²) in [6.45, 7) is 0. The van der Waals surface area contributed by atoms with Crippen LogP contribution in [0.2, 0.25) is 0 Å². The Morgan fingerprint density at radius 1 is 0.964 bits per heavy atom. The van der Waals surface area contributed by atoms with E-state index < -0.39 is 0 Å². The Morgan fingerprint density at radius 3 is 2.61 bits per heavy atom. The standard InChI is InChI=1S/C24H20N2O2/c27-26(28)18-10-4-9-17(15-18)23-21-13-6-12-20(21)22-14-5-11-19(24(22)25-23)16-7-2-1-3-8-16/h1-12,14-15,20-21,23,25H,13H2/t20-,21-,23-/m0/s1. The van der Waals surface area contributed by atoms with Crippen LogP contribution in [0.5, 0.6) is 0 Å². The van der Waals surface area contributed by atoms with Crippen LogP contribution >= 0.6 is 0 Å². The van der Waals surface area contributed by atoms with Crippen LogP contribution in [0.25, 0.3) is 11.1 Å². The Kier molecular flexibility index (Phi) is 3.97. The van der Waals surface area contributed by atoms with Gasteiger partial charge in [-0.3, -0.25) is 10.1 Å². The maximum Gasteiger partial charge on any atom is 0.269 e. The molecule has 3 aromatic rings. The molecule has 1 aliphatic heterocycles. The van der Waals surface area contributed by atoms with Crippen LogP contribution < -0.4 is 5.32 Å². The highest BCUT2D eigenvalue weighted by Gasteiger charge is 2.39. The fourth-order valence-electron chi connectivity index (χ4n) is 4.64. The van der Waals surface area contributed by atoms with Gasteiger partial charge in [-0.15, -0.1) is 0 Å². The minimum atomic E-state index is -0.319. The largest absolute Gasteiger partial charge is 0.377 e. The average molecular weight is 368 g/mol.